The second kappa shape index (κ2) is 4.95. The van der Waals surface area contributed by atoms with Crippen molar-refractivity contribution in [2.75, 3.05) is 0 Å². The number of carbonyl (C=O) groups excluding carboxylic acids is 1. The molecule has 0 bridgehead atoms. The van der Waals surface area contributed by atoms with Gasteiger partial charge in [-0.1, -0.05) is 23.2 Å². The molecule has 21 heavy (non-hydrogen) atoms. The molecule has 0 saturated heterocycles. The van der Waals surface area contributed by atoms with Crippen LogP contribution in [0.25, 0.3) is 11.0 Å². The summed E-state index contributed by atoms with van der Waals surface area (Å²) in [6, 6.07) is 4.22. The maximum Gasteiger partial charge on any atom is 0.371 e. The summed E-state index contributed by atoms with van der Waals surface area (Å²) in [5, 5.41) is 9.30. The number of benzene rings is 1. The van der Waals surface area contributed by atoms with Crippen molar-refractivity contribution in [3.63, 3.8) is 0 Å². The van der Waals surface area contributed by atoms with E-state index in [1.807, 2.05) is 0 Å². The Morgan fingerprint density at radius 2 is 1.90 bits per heavy atom. The molecule has 0 unspecified atom stereocenters. The van der Waals surface area contributed by atoms with Gasteiger partial charge in [0.25, 0.3) is 0 Å². The fourth-order valence-electron chi connectivity index (χ4n) is 1.94. The molecule has 0 aliphatic carbocycles. The van der Waals surface area contributed by atoms with Crippen molar-refractivity contribution in [3.8, 4) is 0 Å². The van der Waals surface area contributed by atoms with E-state index in [0.29, 0.717) is 10.9 Å². The number of hydrogen-bond donors (Lipinski definition) is 1. The molecule has 0 saturated carbocycles. The monoisotopic (exact) mass is 324 g/mol. The van der Waals surface area contributed by atoms with Crippen LogP contribution >= 0.6 is 23.2 Å². The first-order valence-electron chi connectivity index (χ1n) is 5.70. The highest BCUT2D eigenvalue weighted by atomic mass is 35.5. The van der Waals surface area contributed by atoms with Crippen LogP contribution in [0.3, 0.4) is 0 Å². The number of fused-ring (bicyclic) bond motifs is 1. The first-order valence-corrected chi connectivity index (χ1v) is 6.46. The third-order valence-electron chi connectivity index (χ3n) is 2.93. The van der Waals surface area contributed by atoms with E-state index >= 15 is 0 Å². The SMILES string of the molecule is O=C(O)c1cc2cc(C(=O)c3ccoc3)c(Cl)c(Cl)c2o1. The Hall–Kier alpha value is -2.24. The van der Waals surface area contributed by atoms with Gasteiger partial charge in [0.2, 0.25) is 5.76 Å². The summed E-state index contributed by atoms with van der Waals surface area (Å²) in [6.07, 6.45) is 2.65. The molecule has 2 heterocycles. The molecule has 0 fully saturated rings. The number of carboxylic acids is 1. The largest absolute Gasteiger partial charge is 0.475 e. The Kier molecular flexibility index (Phi) is 3.23. The summed E-state index contributed by atoms with van der Waals surface area (Å²) in [4.78, 5) is 23.2. The van der Waals surface area contributed by atoms with Crippen molar-refractivity contribution in [3.05, 3.63) is 57.7 Å². The highest BCUT2D eigenvalue weighted by Crippen LogP contribution is 2.36. The number of ketones is 1. The van der Waals surface area contributed by atoms with Gasteiger partial charge in [0.05, 0.1) is 16.8 Å². The fourth-order valence-corrected chi connectivity index (χ4v) is 2.42. The molecule has 0 aliphatic heterocycles. The van der Waals surface area contributed by atoms with E-state index in [1.54, 1.807) is 0 Å². The highest BCUT2D eigenvalue weighted by Gasteiger charge is 2.22. The topological polar surface area (TPSA) is 80.6 Å². The van der Waals surface area contributed by atoms with Gasteiger partial charge in [0.15, 0.2) is 11.4 Å². The van der Waals surface area contributed by atoms with Crippen molar-refractivity contribution in [2.24, 2.45) is 0 Å². The zero-order valence-corrected chi connectivity index (χ0v) is 11.7. The maximum atomic E-state index is 12.3. The van der Waals surface area contributed by atoms with Crippen LogP contribution in [0.5, 0.6) is 0 Å². The Bertz CT molecular complexity index is 861. The summed E-state index contributed by atoms with van der Waals surface area (Å²) in [6.45, 7) is 0. The fraction of sp³-hybridized carbons (Fsp3) is 0. The standard InChI is InChI=1S/C14H6Cl2O5/c15-10-8(12(17)6-1-2-20-5-6)3-7-4-9(14(18)19)21-13(7)11(10)16/h1-5H,(H,18,19). The van der Waals surface area contributed by atoms with Crippen LogP contribution in [0.15, 0.2) is 39.6 Å². The molecule has 0 radical (unpaired) electrons. The van der Waals surface area contributed by atoms with E-state index in [9.17, 15) is 9.59 Å². The van der Waals surface area contributed by atoms with E-state index in [2.05, 4.69) is 0 Å². The Morgan fingerprint density at radius 1 is 1.14 bits per heavy atom. The van der Waals surface area contributed by atoms with Crippen LogP contribution in [0.4, 0.5) is 0 Å². The normalized spacial score (nSPS) is 11.0. The third kappa shape index (κ3) is 2.20. The Labute approximate surface area is 127 Å². The Morgan fingerprint density at radius 3 is 2.52 bits per heavy atom. The van der Waals surface area contributed by atoms with E-state index in [4.69, 9.17) is 37.1 Å². The average Bonchev–Trinajstić information content (AvgIpc) is 3.10. The van der Waals surface area contributed by atoms with E-state index in [1.165, 1.54) is 30.7 Å². The minimum Gasteiger partial charge on any atom is -0.475 e. The minimum absolute atomic E-state index is 0.00153. The van der Waals surface area contributed by atoms with Gasteiger partial charge >= 0.3 is 5.97 Å². The van der Waals surface area contributed by atoms with Crippen molar-refractivity contribution in [1.29, 1.82) is 0 Å². The second-order valence-corrected chi connectivity index (χ2v) is 4.98. The maximum absolute atomic E-state index is 12.3. The molecule has 106 valence electrons. The summed E-state index contributed by atoms with van der Waals surface area (Å²) in [5.74, 6) is -1.90. The van der Waals surface area contributed by atoms with Gasteiger partial charge in [-0.2, -0.15) is 0 Å². The van der Waals surface area contributed by atoms with Gasteiger partial charge < -0.3 is 13.9 Å². The first-order chi connectivity index (χ1) is 9.99. The zero-order valence-electron chi connectivity index (χ0n) is 10.2. The second-order valence-electron chi connectivity index (χ2n) is 4.23. The van der Waals surface area contributed by atoms with Gasteiger partial charge in [-0.3, -0.25) is 4.79 Å². The van der Waals surface area contributed by atoms with Crippen LogP contribution in [0.2, 0.25) is 10.0 Å². The third-order valence-corrected chi connectivity index (χ3v) is 3.78. The van der Waals surface area contributed by atoms with Crippen LogP contribution in [-0.4, -0.2) is 16.9 Å². The van der Waals surface area contributed by atoms with E-state index in [-0.39, 0.29) is 32.7 Å². The van der Waals surface area contributed by atoms with E-state index < -0.39 is 5.97 Å². The molecule has 0 spiro atoms. The van der Waals surface area contributed by atoms with Crippen molar-refractivity contribution >= 4 is 45.9 Å². The highest BCUT2D eigenvalue weighted by molar-refractivity contribution is 6.47. The molecule has 0 aliphatic rings. The molecule has 5 nitrogen and oxygen atoms in total. The lowest BCUT2D eigenvalue weighted by atomic mass is 10.0. The van der Waals surface area contributed by atoms with Gasteiger partial charge in [-0.25, -0.2) is 4.79 Å². The lowest BCUT2D eigenvalue weighted by molar-refractivity contribution is 0.0665. The smallest absolute Gasteiger partial charge is 0.371 e. The van der Waals surface area contributed by atoms with Gasteiger partial charge in [-0.05, 0) is 18.2 Å². The summed E-state index contributed by atoms with van der Waals surface area (Å²) < 4.78 is 9.98. The predicted molar refractivity (Wildman–Crippen MR) is 75.3 cm³/mol. The van der Waals surface area contributed by atoms with Crippen LogP contribution < -0.4 is 0 Å². The molecule has 7 heteroatoms. The zero-order chi connectivity index (χ0) is 15.1. The number of furan rings is 2. The Balaban J connectivity index is 2.22. The van der Waals surface area contributed by atoms with Crippen molar-refractivity contribution in [2.45, 2.75) is 0 Å². The van der Waals surface area contributed by atoms with Gasteiger partial charge in [0, 0.05) is 10.9 Å². The molecule has 3 aromatic rings. The molecule has 3 rings (SSSR count). The first kappa shape index (κ1) is 13.7. The molecular formula is C14H6Cl2O5. The summed E-state index contributed by atoms with van der Waals surface area (Å²) in [7, 11) is 0. The van der Waals surface area contributed by atoms with Gasteiger partial charge in [0.1, 0.15) is 11.3 Å². The van der Waals surface area contributed by atoms with Crippen molar-refractivity contribution < 1.29 is 23.5 Å². The van der Waals surface area contributed by atoms with Crippen LogP contribution in [-0.2, 0) is 0 Å². The van der Waals surface area contributed by atoms with Crippen LogP contribution in [0.1, 0.15) is 26.5 Å². The molecule has 0 amide bonds. The number of rotatable bonds is 3. The summed E-state index contributed by atoms with van der Waals surface area (Å²) in [5.41, 5.74) is 0.588. The predicted octanol–water partition coefficient (Wildman–Crippen LogP) is 4.26. The number of halogens is 2. The lowest BCUT2D eigenvalue weighted by Crippen LogP contribution is -2.01. The molecule has 2 aromatic heterocycles. The summed E-state index contributed by atoms with van der Waals surface area (Å²) >= 11 is 12.1. The van der Waals surface area contributed by atoms with E-state index in [0.717, 1.165) is 0 Å². The van der Waals surface area contributed by atoms with Gasteiger partial charge in [-0.15, -0.1) is 0 Å². The number of carbonyl (C=O) groups is 2. The quantitative estimate of drug-likeness (QED) is 0.728. The average molecular weight is 325 g/mol. The van der Waals surface area contributed by atoms with Crippen molar-refractivity contribution in [1.82, 2.24) is 0 Å². The number of hydrogen-bond acceptors (Lipinski definition) is 4. The number of carboxylic acid groups (broad SMARTS) is 1. The lowest BCUT2D eigenvalue weighted by Gasteiger charge is -2.04. The molecule has 0 atom stereocenters. The van der Waals surface area contributed by atoms with Crippen LogP contribution in [0, 0.1) is 0 Å². The number of aromatic carboxylic acids is 1. The molecule has 1 N–H and O–H groups in total. The molecule has 1 aromatic carbocycles. The molecular weight excluding hydrogens is 319 g/mol. The minimum atomic E-state index is -1.24.